The average molecular weight is 624 g/mol. The van der Waals surface area contributed by atoms with E-state index in [1.807, 2.05) is 4.90 Å². The van der Waals surface area contributed by atoms with Crippen LogP contribution in [0.25, 0.3) is 28.0 Å². The predicted octanol–water partition coefficient (Wildman–Crippen LogP) is 6.91. The number of rotatable bonds is 4. The number of likely N-dealkylation sites (N-methyl/N-ethyl adjacent to an activating group) is 1. The Hall–Kier alpha value is -4.95. The number of piperidine rings is 1. The number of piperazine rings is 1. The summed E-state index contributed by atoms with van der Waals surface area (Å²) in [6.07, 6.45) is 5.77. The van der Waals surface area contributed by atoms with Gasteiger partial charge in [-0.25, -0.2) is 9.98 Å². The molecule has 3 aliphatic heterocycles. The van der Waals surface area contributed by atoms with Crippen molar-refractivity contribution < 1.29 is 4.79 Å². The monoisotopic (exact) mass is 623 g/mol. The highest BCUT2D eigenvalue weighted by Gasteiger charge is 2.26. The summed E-state index contributed by atoms with van der Waals surface area (Å²) < 4.78 is 2.12. The minimum absolute atomic E-state index is 0.174. The first-order chi connectivity index (χ1) is 23.0. The fourth-order valence-corrected chi connectivity index (χ4v) is 7.19. The van der Waals surface area contributed by atoms with Gasteiger partial charge in [-0.15, -0.1) is 0 Å². The molecule has 8 rings (SSSR count). The van der Waals surface area contributed by atoms with Crippen LogP contribution in [0.15, 0.2) is 90.1 Å². The van der Waals surface area contributed by atoms with E-state index in [2.05, 4.69) is 119 Å². The second kappa shape index (κ2) is 12.3. The lowest BCUT2D eigenvalue weighted by atomic mass is 9.95. The van der Waals surface area contributed by atoms with Crippen molar-refractivity contribution in [1.82, 2.24) is 24.1 Å². The largest absolute Gasteiger partial charge is 0.353 e. The lowest BCUT2D eigenvalue weighted by Gasteiger charge is -2.34. The van der Waals surface area contributed by atoms with E-state index in [1.165, 1.54) is 6.42 Å². The first-order valence-electron chi connectivity index (χ1n) is 16.9. The van der Waals surface area contributed by atoms with Gasteiger partial charge >= 0.3 is 0 Å². The molecule has 0 atom stereocenters. The van der Waals surface area contributed by atoms with E-state index < -0.39 is 0 Å². The molecule has 47 heavy (non-hydrogen) atoms. The van der Waals surface area contributed by atoms with Crippen molar-refractivity contribution in [2.45, 2.75) is 32.6 Å². The number of carbonyl (C=O) groups is 1. The first-order valence-corrected chi connectivity index (χ1v) is 16.9. The van der Waals surface area contributed by atoms with Crippen molar-refractivity contribution in [1.29, 1.82) is 0 Å². The molecule has 0 bridgehead atoms. The van der Waals surface area contributed by atoms with Crippen LogP contribution in [-0.4, -0.2) is 82.1 Å². The zero-order valence-corrected chi connectivity index (χ0v) is 27.2. The predicted molar refractivity (Wildman–Crippen MR) is 190 cm³/mol. The topological polar surface area (TPSA) is 68.5 Å². The summed E-state index contributed by atoms with van der Waals surface area (Å²) >= 11 is 0. The molecule has 1 N–H and O–H groups in total. The van der Waals surface area contributed by atoms with Crippen LogP contribution in [0.3, 0.4) is 0 Å². The fourth-order valence-electron chi connectivity index (χ4n) is 7.19. The molecular formula is C39H41N7O. The van der Waals surface area contributed by atoms with E-state index in [9.17, 15) is 4.79 Å². The third-order valence-electron chi connectivity index (χ3n) is 9.85. The van der Waals surface area contributed by atoms with Gasteiger partial charge in [0.2, 0.25) is 5.91 Å². The number of anilines is 2. The normalized spacial score (nSPS) is 16.7. The Morgan fingerprint density at radius 1 is 0.787 bits per heavy atom. The maximum absolute atomic E-state index is 13.7. The zero-order valence-electron chi connectivity index (χ0n) is 27.2. The first kappa shape index (κ1) is 29.5. The van der Waals surface area contributed by atoms with E-state index in [0.29, 0.717) is 6.42 Å². The number of amidine groups is 1. The van der Waals surface area contributed by atoms with Gasteiger partial charge in [0, 0.05) is 62.3 Å². The van der Waals surface area contributed by atoms with Crippen molar-refractivity contribution in [3.63, 3.8) is 0 Å². The summed E-state index contributed by atoms with van der Waals surface area (Å²) in [4.78, 5) is 31.0. The Bertz CT molecular complexity index is 2000. The molecule has 1 amide bonds. The number of fused-ring (bicyclic) bond motifs is 3. The minimum atomic E-state index is 0.174. The molecule has 3 aliphatic rings. The number of aliphatic imine (C=N–C) groups is 1. The number of hydrogen-bond donors (Lipinski definition) is 1. The molecule has 0 aliphatic carbocycles. The van der Waals surface area contributed by atoms with Gasteiger partial charge in [0.1, 0.15) is 11.5 Å². The summed E-state index contributed by atoms with van der Waals surface area (Å²) in [7, 11) is 2.18. The number of carbonyl (C=O) groups excluding carboxylic acids is 1. The van der Waals surface area contributed by atoms with E-state index in [0.717, 1.165) is 120 Å². The number of aromatic nitrogens is 2. The van der Waals surface area contributed by atoms with Gasteiger partial charge in [-0.3, -0.25) is 4.79 Å². The summed E-state index contributed by atoms with van der Waals surface area (Å²) in [5.41, 5.74) is 11.0. The molecule has 0 radical (unpaired) electrons. The van der Waals surface area contributed by atoms with Crippen molar-refractivity contribution in [3.05, 3.63) is 102 Å². The molecule has 0 unspecified atom stereocenters. The average Bonchev–Trinajstić information content (AvgIpc) is 3.36. The van der Waals surface area contributed by atoms with Crippen LogP contribution < -0.4 is 5.32 Å². The summed E-state index contributed by atoms with van der Waals surface area (Å²) in [5.74, 6) is 1.19. The Labute approximate surface area is 276 Å². The van der Waals surface area contributed by atoms with Crippen molar-refractivity contribution in [2.75, 3.05) is 51.6 Å². The highest BCUT2D eigenvalue weighted by atomic mass is 16.2. The molecule has 8 nitrogen and oxygen atoms in total. The van der Waals surface area contributed by atoms with Crippen LogP contribution >= 0.6 is 0 Å². The summed E-state index contributed by atoms with van der Waals surface area (Å²) in [6.45, 7) is 7.66. The van der Waals surface area contributed by atoms with Gasteiger partial charge in [0.25, 0.3) is 0 Å². The molecule has 238 valence electrons. The van der Waals surface area contributed by atoms with Crippen molar-refractivity contribution in [2.24, 2.45) is 4.99 Å². The van der Waals surface area contributed by atoms with Gasteiger partial charge in [0.05, 0.1) is 29.2 Å². The van der Waals surface area contributed by atoms with Crippen molar-refractivity contribution in [3.8, 4) is 22.4 Å². The SMILES string of the molecule is Cc1ccc2nc(-c3ccccc3-c3ccc4c(c3)N=C(N3CCN(C)CC3)c3ccccc3N4)c(CC(=O)N3CCCCC3)n2c1. The number of pyridine rings is 1. The lowest BCUT2D eigenvalue weighted by Crippen LogP contribution is -2.47. The van der Waals surface area contributed by atoms with E-state index >= 15 is 0 Å². The molecule has 2 saturated heterocycles. The smallest absolute Gasteiger partial charge is 0.228 e. The van der Waals surface area contributed by atoms with Crippen LogP contribution in [0, 0.1) is 6.92 Å². The third kappa shape index (κ3) is 5.67. The Morgan fingerprint density at radius 3 is 2.34 bits per heavy atom. The number of imidazole rings is 1. The zero-order chi connectivity index (χ0) is 31.9. The van der Waals surface area contributed by atoms with E-state index in [4.69, 9.17) is 9.98 Å². The number of hydrogen-bond acceptors (Lipinski definition) is 6. The highest BCUT2D eigenvalue weighted by molar-refractivity contribution is 6.08. The second-order valence-electron chi connectivity index (χ2n) is 13.1. The van der Waals surface area contributed by atoms with Crippen molar-refractivity contribution >= 4 is 34.5 Å². The van der Waals surface area contributed by atoms with Gasteiger partial charge in [-0.1, -0.05) is 48.5 Å². The molecule has 5 heterocycles. The maximum atomic E-state index is 13.7. The maximum Gasteiger partial charge on any atom is 0.228 e. The van der Waals surface area contributed by atoms with Crippen LogP contribution in [0.4, 0.5) is 17.1 Å². The minimum Gasteiger partial charge on any atom is -0.353 e. The number of para-hydroxylation sites is 1. The highest BCUT2D eigenvalue weighted by Crippen LogP contribution is 2.41. The van der Waals surface area contributed by atoms with Gasteiger partial charge in [-0.2, -0.15) is 0 Å². The molecule has 0 saturated carbocycles. The van der Waals surface area contributed by atoms with Crippen LogP contribution in [0.1, 0.15) is 36.1 Å². The Balaban J connectivity index is 1.23. The third-order valence-corrected chi connectivity index (χ3v) is 9.85. The van der Waals surface area contributed by atoms with Gasteiger partial charge in [0.15, 0.2) is 0 Å². The summed E-state index contributed by atoms with van der Waals surface area (Å²) in [6, 6.07) is 27.6. The summed E-state index contributed by atoms with van der Waals surface area (Å²) in [5, 5.41) is 3.68. The number of amides is 1. The number of nitrogens with zero attached hydrogens (tertiary/aromatic N) is 6. The fraction of sp³-hybridized carbons (Fsp3) is 0.308. The van der Waals surface area contributed by atoms with Gasteiger partial charge < -0.3 is 24.4 Å². The molecule has 2 aromatic heterocycles. The standard InChI is InChI=1S/C39H41N7O/c1-27-14-17-36-42-38(35(46(36)26-27)25-37(47)44-18-8-3-9-19-44)30-11-5-4-10-29(30)28-15-16-33-34(24-28)41-39(45-22-20-43(2)21-23-45)31-12-6-7-13-32(31)40-33/h4-7,10-17,24,26,40H,3,8-9,18-23,25H2,1-2H3. The van der Waals surface area contributed by atoms with E-state index in [-0.39, 0.29) is 5.91 Å². The number of nitrogens with one attached hydrogen (secondary N) is 1. The van der Waals surface area contributed by atoms with E-state index in [1.54, 1.807) is 0 Å². The molecule has 5 aromatic rings. The number of likely N-dealkylation sites (tertiary alicyclic amines) is 1. The second-order valence-corrected chi connectivity index (χ2v) is 13.1. The quantitative estimate of drug-likeness (QED) is 0.236. The lowest BCUT2D eigenvalue weighted by molar-refractivity contribution is -0.131. The molecule has 8 heteroatoms. The molecule has 2 fully saturated rings. The Kier molecular flexibility index (Phi) is 7.73. The molecule has 3 aromatic carbocycles. The van der Waals surface area contributed by atoms with Gasteiger partial charge in [-0.05, 0) is 80.3 Å². The van der Waals surface area contributed by atoms with Crippen LogP contribution in [0.5, 0.6) is 0 Å². The molecular weight excluding hydrogens is 582 g/mol. The number of benzene rings is 3. The molecule has 0 spiro atoms. The van der Waals surface area contributed by atoms with Crippen LogP contribution in [0.2, 0.25) is 0 Å². The Morgan fingerprint density at radius 2 is 1.53 bits per heavy atom. The van der Waals surface area contributed by atoms with Crippen LogP contribution in [-0.2, 0) is 11.2 Å². The number of aryl methyl sites for hydroxylation is 1.